The van der Waals surface area contributed by atoms with Gasteiger partial charge in [0.15, 0.2) is 0 Å². The van der Waals surface area contributed by atoms with Gasteiger partial charge in [-0.25, -0.2) is 4.98 Å². The third-order valence-electron chi connectivity index (χ3n) is 1.63. The van der Waals surface area contributed by atoms with Crippen molar-refractivity contribution in [3.8, 4) is 0 Å². The maximum absolute atomic E-state index is 11.8. The summed E-state index contributed by atoms with van der Waals surface area (Å²) in [7, 11) is 0. The normalized spacial score (nSPS) is 11.7. The largest absolute Gasteiger partial charge is 0.390 e. The Kier molecular flexibility index (Phi) is 4.31. The first kappa shape index (κ1) is 12.2. The molecule has 0 saturated carbocycles. The lowest BCUT2D eigenvalue weighted by Gasteiger charge is -2.05. The predicted molar refractivity (Wildman–Crippen MR) is 53.1 cm³/mol. The average molecular weight is 239 g/mol. The number of aromatic nitrogens is 2. The number of aryl methyl sites for hydroxylation is 1. The van der Waals surface area contributed by atoms with E-state index >= 15 is 0 Å². The summed E-state index contributed by atoms with van der Waals surface area (Å²) in [5, 5.41) is 3.07. The van der Waals surface area contributed by atoms with Crippen LogP contribution in [0.25, 0.3) is 0 Å². The van der Waals surface area contributed by atoms with Gasteiger partial charge in [0.2, 0.25) is 5.13 Å². The molecule has 0 atom stereocenters. The first-order valence-corrected chi connectivity index (χ1v) is 5.42. The van der Waals surface area contributed by atoms with E-state index in [-0.39, 0.29) is 6.54 Å². The van der Waals surface area contributed by atoms with Crippen molar-refractivity contribution in [1.29, 1.82) is 0 Å². The zero-order valence-corrected chi connectivity index (χ0v) is 9.08. The van der Waals surface area contributed by atoms with Gasteiger partial charge in [0.1, 0.15) is 5.82 Å². The van der Waals surface area contributed by atoms with Gasteiger partial charge in [-0.2, -0.15) is 17.5 Å². The summed E-state index contributed by atoms with van der Waals surface area (Å²) in [5.41, 5.74) is 0. The number of anilines is 1. The molecular weight excluding hydrogens is 227 g/mol. The van der Waals surface area contributed by atoms with Crippen molar-refractivity contribution < 1.29 is 13.2 Å². The smallest absolute Gasteiger partial charge is 0.360 e. The number of alkyl halides is 3. The van der Waals surface area contributed by atoms with E-state index in [2.05, 4.69) is 14.7 Å². The van der Waals surface area contributed by atoms with Crippen LogP contribution in [0.4, 0.5) is 18.3 Å². The molecule has 0 aliphatic carbocycles. The quantitative estimate of drug-likeness (QED) is 0.858. The highest BCUT2D eigenvalue weighted by Gasteiger charge is 2.26. The average Bonchev–Trinajstić information content (AvgIpc) is 2.51. The first-order chi connectivity index (χ1) is 7.01. The van der Waals surface area contributed by atoms with Gasteiger partial charge in [-0.05, 0) is 6.42 Å². The molecule has 3 nitrogen and oxygen atoms in total. The van der Waals surface area contributed by atoms with Gasteiger partial charge in [0.05, 0.1) is 6.42 Å². The molecule has 0 aliphatic heterocycles. The minimum absolute atomic E-state index is 0.149. The van der Waals surface area contributed by atoms with Crippen molar-refractivity contribution in [1.82, 2.24) is 9.36 Å². The number of nitrogens with one attached hydrogen (secondary N) is 1. The van der Waals surface area contributed by atoms with E-state index in [9.17, 15) is 13.2 Å². The number of hydrogen-bond acceptors (Lipinski definition) is 4. The lowest BCUT2D eigenvalue weighted by atomic mass is 10.3. The molecule has 0 unspecified atom stereocenters. The topological polar surface area (TPSA) is 37.8 Å². The van der Waals surface area contributed by atoms with Crippen LogP contribution in [-0.2, 0) is 6.42 Å². The van der Waals surface area contributed by atoms with E-state index in [1.165, 1.54) is 0 Å². The molecule has 0 radical (unpaired) electrons. The Labute approximate surface area is 89.9 Å². The lowest BCUT2D eigenvalue weighted by Crippen LogP contribution is -2.14. The van der Waals surface area contributed by atoms with Crippen LogP contribution >= 0.6 is 11.5 Å². The highest BCUT2D eigenvalue weighted by Crippen LogP contribution is 2.20. The molecule has 1 rings (SSSR count). The number of rotatable bonds is 5. The Morgan fingerprint density at radius 3 is 2.73 bits per heavy atom. The lowest BCUT2D eigenvalue weighted by molar-refractivity contribution is -0.131. The molecule has 1 N–H and O–H groups in total. The second kappa shape index (κ2) is 5.29. The molecule has 0 aliphatic rings. The summed E-state index contributed by atoms with van der Waals surface area (Å²) >= 11 is 1.10. The van der Waals surface area contributed by atoms with Crippen LogP contribution in [-0.4, -0.2) is 22.1 Å². The fraction of sp³-hybridized carbons (Fsp3) is 0.750. The fourth-order valence-electron chi connectivity index (χ4n) is 0.962. The summed E-state index contributed by atoms with van der Waals surface area (Å²) in [5.74, 6) is 0.692. The minimum Gasteiger partial charge on any atom is -0.360 e. The standard InChI is InChI=1S/C8H12F3N3S/c1-2-3-6-13-7(15-14-6)12-5-4-8(9,10)11/h2-5H2,1H3,(H,12,13,14). The third kappa shape index (κ3) is 4.96. The van der Waals surface area contributed by atoms with Crippen LogP contribution in [0.15, 0.2) is 0 Å². The summed E-state index contributed by atoms with van der Waals surface area (Å²) in [6.45, 7) is 1.85. The van der Waals surface area contributed by atoms with Crippen molar-refractivity contribution in [2.75, 3.05) is 11.9 Å². The van der Waals surface area contributed by atoms with Gasteiger partial charge < -0.3 is 5.32 Å². The van der Waals surface area contributed by atoms with Crippen LogP contribution in [0.2, 0.25) is 0 Å². The van der Waals surface area contributed by atoms with Crippen LogP contribution in [0.3, 0.4) is 0 Å². The molecule has 0 spiro atoms. The molecule has 0 fully saturated rings. The van der Waals surface area contributed by atoms with Crippen molar-refractivity contribution in [3.63, 3.8) is 0 Å². The Morgan fingerprint density at radius 2 is 2.13 bits per heavy atom. The van der Waals surface area contributed by atoms with Crippen molar-refractivity contribution in [2.45, 2.75) is 32.4 Å². The SMILES string of the molecule is CCCc1nsc(NCCC(F)(F)F)n1. The number of halogens is 3. The monoisotopic (exact) mass is 239 g/mol. The number of nitrogens with zero attached hydrogens (tertiary/aromatic N) is 2. The molecule has 0 aromatic carbocycles. The van der Waals surface area contributed by atoms with E-state index < -0.39 is 12.6 Å². The van der Waals surface area contributed by atoms with E-state index in [1.807, 2.05) is 6.92 Å². The Balaban J connectivity index is 2.31. The zero-order valence-electron chi connectivity index (χ0n) is 8.26. The zero-order chi connectivity index (χ0) is 11.3. The third-order valence-corrected chi connectivity index (χ3v) is 2.34. The Bertz CT molecular complexity index is 298. The van der Waals surface area contributed by atoms with E-state index in [0.29, 0.717) is 11.0 Å². The maximum atomic E-state index is 11.8. The molecule has 15 heavy (non-hydrogen) atoms. The molecule has 0 saturated heterocycles. The van der Waals surface area contributed by atoms with Gasteiger partial charge in [-0.3, -0.25) is 0 Å². The molecule has 1 aromatic rings. The van der Waals surface area contributed by atoms with E-state index in [1.54, 1.807) is 0 Å². The highest BCUT2D eigenvalue weighted by atomic mass is 32.1. The Morgan fingerprint density at radius 1 is 1.40 bits per heavy atom. The molecule has 0 bridgehead atoms. The predicted octanol–water partition coefficient (Wildman–Crippen LogP) is 2.85. The summed E-state index contributed by atoms with van der Waals surface area (Å²) < 4.78 is 39.4. The van der Waals surface area contributed by atoms with E-state index in [0.717, 1.165) is 24.4 Å². The molecule has 86 valence electrons. The molecule has 7 heteroatoms. The van der Waals surface area contributed by atoms with Crippen LogP contribution in [0.1, 0.15) is 25.6 Å². The second-order valence-corrected chi connectivity index (χ2v) is 3.81. The van der Waals surface area contributed by atoms with Crippen LogP contribution in [0.5, 0.6) is 0 Å². The minimum atomic E-state index is -4.12. The molecule has 0 amide bonds. The first-order valence-electron chi connectivity index (χ1n) is 4.64. The second-order valence-electron chi connectivity index (χ2n) is 3.06. The molecule has 1 heterocycles. The summed E-state index contributed by atoms with van der Waals surface area (Å²) in [6, 6.07) is 0. The van der Waals surface area contributed by atoms with Crippen molar-refractivity contribution in [3.05, 3.63) is 5.82 Å². The molecule has 1 aromatic heterocycles. The fourth-order valence-corrected chi connectivity index (χ4v) is 1.60. The summed E-state index contributed by atoms with van der Waals surface area (Å²) in [4.78, 5) is 4.05. The van der Waals surface area contributed by atoms with Crippen LogP contribution < -0.4 is 5.32 Å². The highest BCUT2D eigenvalue weighted by molar-refractivity contribution is 7.09. The van der Waals surface area contributed by atoms with Gasteiger partial charge in [-0.1, -0.05) is 6.92 Å². The van der Waals surface area contributed by atoms with Gasteiger partial charge in [0, 0.05) is 24.5 Å². The van der Waals surface area contributed by atoms with Crippen LogP contribution in [0, 0.1) is 0 Å². The summed E-state index contributed by atoms with van der Waals surface area (Å²) in [6.07, 6.45) is -3.28. The van der Waals surface area contributed by atoms with E-state index in [4.69, 9.17) is 0 Å². The number of hydrogen-bond donors (Lipinski definition) is 1. The van der Waals surface area contributed by atoms with Crippen molar-refractivity contribution in [2.24, 2.45) is 0 Å². The van der Waals surface area contributed by atoms with Gasteiger partial charge in [0.25, 0.3) is 0 Å². The van der Waals surface area contributed by atoms with Gasteiger partial charge in [-0.15, -0.1) is 0 Å². The van der Waals surface area contributed by atoms with Crippen molar-refractivity contribution >= 4 is 16.7 Å². The maximum Gasteiger partial charge on any atom is 0.390 e. The molecular formula is C8H12F3N3S. The Hall–Kier alpha value is -0.850. The van der Waals surface area contributed by atoms with Gasteiger partial charge >= 0.3 is 6.18 Å².